The summed E-state index contributed by atoms with van der Waals surface area (Å²) in [5, 5.41) is 11.7. The highest BCUT2D eigenvalue weighted by Crippen LogP contribution is 2.25. The van der Waals surface area contributed by atoms with Gasteiger partial charge in [0.05, 0.1) is 24.3 Å². The molecule has 2 fully saturated rings. The molecule has 0 radical (unpaired) electrons. The van der Waals surface area contributed by atoms with Gasteiger partial charge in [-0.3, -0.25) is 14.4 Å². The van der Waals surface area contributed by atoms with Crippen LogP contribution in [-0.4, -0.2) is 70.6 Å². The first-order valence-corrected chi connectivity index (χ1v) is 8.08. The number of carbonyl (C=O) groups is 2. The fourth-order valence-electron chi connectivity index (χ4n) is 3.26. The lowest BCUT2D eigenvalue weighted by molar-refractivity contribution is -0.132. The van der Waals surface area contributed by atoms with Gasteiger partial charge >= 0.3 is 0 Å². The summed E-state index contributed by atoms with van der Waals surface area (Å²) < 4.78 is 1.34. The second kappa shape index (κ2) is 6.74. The van der Waals surface area contributed by atoms with Gasteiger partial charge in [0.25, 0.3) is 5.56 Å². The topological polar surface area (TPSA) is 94.9 Å². The van der Waals surface area contributed by atoms with Gasteiger partial charge in [0.2, 0.25) is 11.8 Å². The van der Waals surface area contributed by atoms with E-state index in [4.69, 9.17) is 5.11 Å². The standard InChI is InChI=1S/C16H22N4O4/c1-18-9-13(10-18)20-7-11(6-15(20)23)16(24)17-12-2-3-14(22)19(8-12)4-5-21/h2-3,8,11,13,21H,4-7,9-10H2,1H3,(H,17,24). The second-order valence-electron chi connectivity index (χ2n) is 6.48. The van der Waals surface area contributed by atoms with E-state index in [9.17, 15) is 14.4 Å². The maximum Gasteiger partial charge on any atom is 0.250 e. The Morgan fingerprint density at radius 1 is 1.29 bits per heavy atom. The Hall–Kier alpha value is -2.19. The van der Waals surface area contributed by atoms with Crippen molar-refractivity contribution in [3.63, 3.8) is 0 Å². The fraction of sp³-hybridized carbons (Fsp3) is 0.562. The van der Waals surface area contributed by atoms with Gasteiger partial charge in [-0.1, -0.05) is 0 Å². The molecular formula is C16H22N4O4. The van der Waals surface area contributed by atoms with Crippen LogP contribution in [0.1, 0.15) is 6.42 Å². The number of likely N-dealkylation sites (N-methyl/N-ethyl adjacent to an activating group) is 1. The number of anilines is 1. The quantitative estimate of drug-likeness (QED) is 0.716. The normalized spacial score (nSPS) is 21.8. The van der Waals surface area contributed by atoms with E-state index in [1.54, 1.807) is 4.90 Å². The number of rotatable bonds is 5. The molecule has 130 valence electrons. The van der Waals surface area contributed by atoms with E-state index >= 15 is 0 Å². The zero-order chi connectivity index (χ0) is 17.3. The Morgan fingerprint density at radius 3 is 2.71 bits per heavy atom. The van der Waals surface area contributed by atoms with Crippen LogP contribution in [0.15, 0.2) is 23.1 Å². The molecule has 3 heterocycles. The highest BCUT2D eigenvalue weighted by atomic mass is 16.3. The van der Waals surface area contributed by atoms with Crippen molar-refractivity contribution in [2.45, 2.75) is 19.0 Å². The molecule has 0 bridgehead atoms. The Morgan fingerprint density at radius 2 is 2.04 bits per heavy atom. The molecule has 2 aliphatic rings. The van der Waals surface area contributed by atoms with Crippen molar-refractivity contribution in [1.82, 2.24) is 14.4 Å². The van der Waals surface area contributed by atoms with E-state index in [1.165, 1.54) is 22.9 Å². The van der Waals surface area contributed by atoms with Gasteiger partial charge in [0.15, 0.2) is 0 Å². The Bertz CT molecular complexity index is 696. The van der Waals surface area contributed by atoms with Gasteiger partial charge in [-0.15, -0.1) is 0 Å². The largest absolute Gasteiger partial charge is 0.395 e. The lowest BCUT2D eigenvalue weighted by atomic mass is 10.1. The molecule has 24 heavy (non-hydrogen) atoms. The number of hydrogen-bond donors (Lipinski definition) is 2. The van der Waals surface area contributed by atoms with Crippen LogP contribution in [0.2, 0.25) is 0 Å². The van der Waals surface area contributed by atoms with Gasteiger partial charge in [0, 0.05) is 44.9 Å². The molecule has 0 aromatic carbocycles. The van der Waals surface area contributed by atoms with Crippen molar-refractivity contribution in [1.29, 1.82) is 0 Å². The predicted octanol–water partition coefficient (Wildman–Crippen LogP) is -1.06. The molecule has 2 N–H and O–H groups in total. The number of likely N-dealkylation sites (tertiary alicyclic amines) is 2. The van der Waals surface area contributed by atoms with Crippen LogP contribution < -0.4 is 10.9 Å². The van der Waals surface area contributed by atoms with Gasteiger partial charge in [0.1, 0.15) is 0 Å². The number of aromatic nitrogens is 1. The number of hydrogen-bond acceptors (Lipinski definition) is 5. The van der Waals surface area contributed by atoms with E-state index < -0.39 is 0 Å². The van der Waals surface area contributed by atoms with Gasteiger partial charge in [-0.2, -0.15) is 0 Å². The summed E-state index contributed by atoms with van der Waals surface area (Å²) in [6.07, 6.45) is 1.73. The fourth-order valence-corrected chi connectivity index (χ4v) is 3.26. The molecule has 8 nitrogen and oxygen atoms in total. The van der Waals surface area contributed by atoms with Crippen LogP contribution >= 0.6 is 0 Å². The summed E-state index contributed by atoms with van der Waals surface area (Å²) in [5.74, 6) is -0.562. The Kier molecular flexibility index (Phi) is 4.68. The minimum atomic E-state index is -0.373. The first kappa shape index (κ1) is 16.7. The molecule has 0 saturated carbocycles. The van der Waals surface area contributed by atoms with Crippen LogP contribution in [0.5, 0.6) is 0 Å². The number of carbonyl (C=O) groups excluding carboxylic acids is 2. The third-order valence-electron chi connectivity index (χ3n) is 4.61. The maximum absolute atomic E-state index is 12.4. The third-order valence-corrected chi connectivity index (χ3v) is 4.61. The lowest BCUT2D eigenvalue weighted by Crippen LogP contribution is -2.58. The molecule has 0 aliphatic carbocycles. The van der Waals surface area contributed by atoms with Crippen molar-refractivity contribution >= 4 is 17.5 Å². The van der Waals surface area contributed by atoms with E-state index in [0.29, 0.717) is 12.2 Å². The van der Waals surface area contributed by atoms with Crippen molar-refractivity contribution in [3.8, 4) is 0 Å². The van der Waals surface area contributed by atoms with Crippen LogP contribution in [-0.2, 0) is 16.1 Å². The van der Waals surface area contributed by atoms with Crippen molar-refractivity contribution in [2.24, 2.45) is 5.92 Å². The number of nitrogens with one attached hydrogen (secondary N) is 1. The Balaban J connectivity index is 1.62. The number of aliphatic hydroxyl groups is 1. The summed E-state index contributed by atoms with van der Waals surface area (Å²) in [4.78, 5) is 40.1. The summed E-state index contributed by atoms with van der Waals surface area (Å²) in [6, 6.07) is 3.09. The van der Waals surface area contributed by atoms with E-state index in [0.717, 1.165) is 13.1 Å². The van der Waals surface area contributed by atoms with Crippen LogP contribution in [0.3, 0.4) is 0 Å². The van der Waals surface area contributed by atoms with Crippen LogP contribution in [0, 0.1) is 5.92 Å². The van der Waals surface area contributed by atoms with Crippen LogP contribution in [0.25, 0.3) is 0 Å². The zero-order valence-electron chi connectivity index (χ0n) is 13.6. The molecule has 8 heteroatoms. The van der Waals surface area contributed by atoms with Crippen LogP contribution in [0.4, 0.5) is 5.69 Å². The van der Waals surface area contributed by atoms with Gasteiger partial charge in [-0.05, 0) is 13.1 Å². The number of pyridine rings is 1. The summed E-state index contributed by atoms with van der Waals surface area (Å²) in [5.41, 5.74) is 0.251. The zero-order valence-corrected chi connectivity index (χ0v) is 13.6. The smallest absolute Gasteiger partial charge is 0.250 e. The molecule has 0 spiro atoms. The predicted molar refractivity (Wildman–Crippen MR) is 87.5 cm³/mol. The first-order valence-electron chi connectivity index (χ1n) is 8.08. The van der Waals surface area contributed by atoms with Crippen molar-refractivity contribution in [3.05, 3.63) is 28.7 Å². The molecule has 2 saturated heterocycles. The second-order valence-corrected chi connectivity index (χ2v) is 6.48. The van der Waals surface area contributed by atoms with Crippen molar-refractivity contribution < 1.29 is 14.7 Å². The molecule has 2 amide bonds. The first-order chi connectivity index (χ1) is 11.5. The highest BCUT2D eigenvalue weighted by molar-refractivity contribution is 5.97. The average molecular weight is 334 g/mol. The summed E-state index contributed by atoms with van der Waals surface area (Å²) in [6.45, 7) is 2.17. The maximum atomic E-state index is 12.4. The van der Waals surface area contributed by atoms with Gasteiger partial charge in [-0.25, -0.2) is 0 Å². The van der Waals surface area contributed by atoms with E-state index in [1.807, 2.05) is 7.05 Å². The molecule has 1 aromatic heterocycles. The third kappa shape index (κ3) is 3.34. The molecule has 2 aliphatic heterocycles. The summed E-state index contributed by atoms with van der Waals surface area (Å²) >= 11 is 0. The Labute approximate surface area is 139 Å². The van der Waals surface area contributed by atoms with Gasteiger partial charge < -0.3 is 24.8 Å². The molecule has 3 rings (SSSR count). The molecular weight excluding hydrogens is 312 g/mol. The average Bonchev–Trinajstić information content (AvgIpc) is 2.89. The molecule has 1 unspecified atom stereocenters. The lowest BCUT2D eigenvalue weighted by Gasteiger charge is -2.42. The summed E-state index contributed by atoms with van der Waals surface area (Å²) in [7, 11) is 2.00. The molecule has 1 atom stereocenters. The number of aliphatic hydroxyl groups excluding tert-OH is 1. The number of amides is 2. The van der Waals surface area contributed by atoms with Crippen molar-refractivity contribution in [2.75, 3.05) is 38.6 Å². The number of nitrogens with zero attached hydrogens (tertiary/aromatic N) is 3. The van der Waals surface area contributed by atoms with E-state index in [-0.39, 0.29) is 48.9 Å². The highest BCUT2D eigenvalue weighted by Gasteiger charge is 2.41. The minimum Gasteiger partial charge on any atom is -0.395 e. The minimum absolute atomic E-state index is 0.0264. The molecule has 1 aromatic rings. The van der Waals surface area contributed by atoms with E-state index in [2.05, 4.69) is 10.2 Å². The monoisotopic (exact) mass is 334 g/mol. The SMILES string of the molecule is CN1CC(N2CC(C(=O)Nc3ccc(=O)n(CCO)c3)CC2=O)C1.